The van der Waals surface area contributed by atoms with Gasteiger partial charge in [0.05, 0.1) is 4.90 Å². The number of carbonyl (C=O) groups is 2. The highest BCUT2D eigenvalue weighted by atomic mass is 32.2. The fourth-order valence-corrected chi connectivity index (χ4v) is 3.88. The summed E-state index contributed by atoms with van der Waals surface area (Å²) in [5.74, 6) is -1.70. The number of rotatable bonds is 8. The third-order valence-corrected chi connectivity index (χ3v) is 5.55. The lowest BCUT2D eigenvalue weighted by Gasteiger charge is -2.27. The number of hydrogen-bond acceptors (Lipinski definition) is 5. The van der Waals surface area contributed by atoms with Crippen molar-refractivity contribution in [1.82, 2.24) is 15.1 Å². The fraction of sp³-hybridized carbons (Fsp3) is 0.467. The zero-order chi connectivity index (χ0) is 19.2. The van der Waals surface area contributed by atoms with E-state index in [0.717, 1.165) is 16.4 Å². The molecule has 0 saturated heterocycles. The predicted molar refractivity (Wildman–Crippen MR) is 87.7 cm³/mol. The van der Waals surface area contributed by atoms with E-state index in [1.54, 1.807) is 0 Å². The topological polar surface area (TPSA) is 116 Å². The van der Waals surface area contributed by atoms with E-state index >= 15 is 0 Å². The number of carbonyl (C=O) groups excluding carboxylic acids is 2. The Bertz CT molecular complexity index is 739. The summed E-state index contributed by atoms with van der Waals surface area (Å²) in [6.07, 6.45) is 0.252. The highest BCUT2D eigenvalue weighted by Gasteiger charge is 2.32. The van der Waals surface area contributed by atoms with Crippen LogP contribution in [0.2, 0.25) is 0 Å². The van der Waals surface area contributed by atoms with Crippen LogP contribution in [0.3, 0.4) is 0 Å². The van der Waals surface area contributed by atoms with E-state index < -0.39 is 27.8 Å². The van der Waals surface area contributed by atoms with Crippen molar-refractivity contribution in [2.75, 3.05) is 13.1 Å². The van der Waals surface area contributed by atoms with Crippen molar-refractivity contribution in [3.63, 3.8) is 0 Å². The summed E-state index contributed by atoms with van der Waals surface area (Å²) < 4.78 is 40.0. The third-order valence-electron chi connectivity index (χ3n) is 3.59. The summed E-state index contributed by atoms with van der Waals surface area (Å²) >= 11 is 0. The van der Waals surface area contributed by atoms with Gasteiger partial charge < -0.3 is 5.32 Å². The molecule has 3 N–H and O–H groups in total. The Morgan fingerprint density at radius 2 is 2.00 bits per heavy atom. The standard InChI is InChI=1S/C15H22FN3O5S/c1-10-9-13(5-6-14(10)16)25(23,24)19(11(2)15(21)18-22)8-4-7-17-12(3)20/h5-6,9,11,22H,4,7-8H2,1-3H3,(H,17,20)(H,18,21)/t11-/m1/s1. The van der Waals surface area contributed by atoms with Gasteiger partial charge in [-0.25, -0.2) is 18.3 Å². The molecule has 140 valence electrons. The number of sulfonamides is 1. The van der Waals surface area contributed by atoms with Crippen molar-refractivity contribution in [3.8, 4) is 0 Å². The summed E-state index contributed by atoms with van der Waals surface area (Å²) in [5, 5.41) is 11.3. The van der Waals surface area contributed by atoms with Crippen LogP contribution in [0.4, 0.5) is 4.39 Å². The zero-order valence-corrected chi connectivity index (χ0v) is 15.1. The average Bonchev–Trinajstić information content (AvgIpc) is 2.55. The quantitative estimate of drug-likeness (QED) is 0.349. The van der Waals surface area contributed by atoms with Gasteiger partial charge >= 0.3 is 0 Å². The van der Waals surface area contributed by atoms with Crippen molar-refractivity contribution in [1.29, 1.82) is 0 Å². The largest absolute Gasteiger partial charge is 0.356 e. The van der Waals surface area contributed by atoms with Crippen molar-refractivity contribution in [2.24, 2.45) is 0 Å². The zero-order valence-electron chi connectivity index (χ0n) is 14.2. The molecule has 1 atom stereocenters. The van der Waals surface area contributed by atoms with Gasteiger partial charge in [-0.1, -0.05) is 0 Å². The van der Waals surface area contributed by atoms with Gasteiger partial charge in [0, 0.05) is 20.0 Å². The van der Waals surface area contributed by atoms with Crippen LogP contribution in [0.5, 0.6) is 0 Å². The minimum Gasteiger partial charge on any atom is -0.356 e. The Morgan fingerprint density at radius 1 is 1.36 bits per heavy atom. The van der Waals surface area contributed by atoms with Crippen molar-refractivity contribution in [2.45, 2.75) is 38.1 Å². The molecule has 10 heteroatoms. The van der Waals surface area contributed by atoms with Crippen LogP contribution in [0.15, 0.2) is 23.1 Å². The minimum absolute atomic E-state index is 0.0758. The van der Waals surface area contributed by atoms with Gasteiger partial charge in [-0.3, -0.25) is 14.8 Å². The first-order valence-corrected chi connectivity index (χ1v) is 9.01. The molecule has 1 aromatic rings. The maximum absolute atomic E-state index is 13.4. The molecule has 0 aliphatic heterocycles. The number of hydrogen-bond donors (Lipinski definition) is 3. The van der Waals surface area contributed by atoms with Crippen LogP contribution in [-0.4, -0.2) is 48.9 Å². The van der Waals surface area contributed by atoms with Crippen LogP contribution >= 0.6 is 0 Å². The van der Waals surface area contributed by atoms with E-state index in [0.29, 0.717) is 0 Å². The van der Waals surface area contributed by atoms with E-state index in [1.165, 1.54) is 32.3 Å². The monoisotopic (exact) mass is 375 g/mol. The van der Waals surface area contributed by atoms with Crippen molar-refractivity contribution >= 4 is 21.8 Å². The number of nitrogens with one attached hydrogen (secondary N) is 2. The molecule has 0 radical (unpaired) electrons. The lowest BCUT2D eigenvalue weighted by molar-refractivity contribution is -0.132. The molecule has 0 unspecified atom stereocenters. The summed E-state index contributed by atoms with van der Waals surface area (Å²) in [6.45, 7) is 4.22. The van der Waals surface area contributed by atoms with Gasteiger partial charge in [-0.15, -0.1) is 0 Å². The van der Waals surface area contributed by atoms with Crippen LogP contribution in [-0.2, 0) is 19.6 Å². The summed E-state index contributed by atoms with van der Waals surface area (Å²) in [6, 6.07) is 2.13. The van der Waals surface area contributed by atoms with E-state index in [-0.39, 0.29) is 35.9 Å². The van der Waals surface area contributed by atoms with Gasteiger partial charge in [0.15, 0.2) is 0 Å². The number of hydroxylamine groups is 1. The van der Waals surface area contributed by atoms with Crippen molar-refractivity contribution in [3.05, 3.63) is 29.6 Å². The Morgan fingerprint density at radius 3 is 2.52 bits per heavy atom. The molecular weight excluding hydrogens is 353 g/mol. The molecule has 0 aromatic heterocycles. The molecule has 25 heavy (non-hydrogen) atoms. The molecule has 0 spiro atoms. The molecule has 1 rings (SSSR count). The first kappa shape index (κ1) is 21.0. The van der Waals surface area contributed by atoms with Crippen LogP contribution in [0.1, 0.15) is 25.8 Å². The predicted octanol–water partition coefficient (Wildman–Crippen LogP) is 0.545. The first-order valence-electron chi connectivity index (χ1n) is 7.57. The molecule has 2 amide bonds. The van der Waals surface area contributed by atoms with Gasteiger partial charge in [0.1, 0.15) is 11.9 Å². The maximum Gasteiger partial charge on any atom is 0.261 e. The highest BCUT2D eigenvalue weighted by Crippen LogP contribution is 2.21. The molecule has 0 aliphatic rings. The third kappa shape index (κ3) is 5.48. The van der Waals surface area contributed by atoms with E-state index in [9.17, 15) is 22.4 Å². The molecular formula is C15H22FN3O5S. The SMILES string of the molecule is CC(=O)NCCCN([C@H](C)C(=O)NO)S(=O)(=O)c1ccc(F)c(C)c1. The lowest BCUT2D eigenvalue weighted by Crippen LogP contribution is -2.48. The molecule has 0 bridgehead atoms. The van der Waals surface area contributed by atoms with Gasteiger partial charge in [-0.2, -0.15) is 4.31 Å². The van der Waals surface area contributed by atoms with E-state index in [4.69, 9.17) is 5.21 Å². The second-order valence-electron chi connectivity index (χ2n) is 5.52. The van der Waals surface area contributed by atoms with Gasteiger partial charge in [0.2, 0.25) is 15.9 Å². The number of benzene rings is 1. The van der Waals surface area contributed by atoms with E-state index in [2.05, 4.69) is 5.32 Å². The molecule has 0 heterocycles. The Hall–Kier alpha value is -2.04. The number of halogens is 1. The smallest absolute Gasteiger partial charge is 0.261 e. The molecule has 1 aromatic carbocycles. The van der Waals surface area contributed by atoms with Gasteiger partial charge in [-0.05, 0) is 44.0 Å². The van der Waals surface area contributed by atoms with Crippen molar-refractivity contribution < 1.29 is 27.6 Å². The van der Waals surface area contributed by atoms with Crippen LogP contribution in [0.25, 0.3) is 0 Å². The van der Waals surface area contributed by atoms with E-state index in [1.807, 2.05) is 0 Å². The molecule has 0 fully saturated rings. The normalized spacial score (nSPS) is 12.7. The Kier molecular flexibility index (Phi) is 7.46. The second-order valence-corrected chi connectivity index (χ2v) is 7.41. The molecule has 8 nitrogen and oxygen atoms in total. The summed E-state index contributed by atoms with van der Waals surface area (Å²) in [5.41, 5.74) is 1.57. The van der Waals surface area contributed by atoms with Crippen LogP contribution in [0, 0.1) is 12.7 Å². The average molecular weight is 375 g/mol. The first-order chi connectivity index (χ1) is 11.6. The Balaban J connectivity index is 3.12. The fourth-order valence-electron chi connectivity index (χ4n) is 2.16. The molecule has 0 aliphatic carbocycles. The highest BCUT2D eigenvalue weighted by molar-refractivity contribution is 7.89. The molecule has 0 saturated carbocycles. The Labute approximate surface area is 146 Å². The maximum atomic E-state index is 13.4. The minimum atomic E-state index is -4.11. The van der Waals surface area contributed by atoms with Crippen LogP contribution < -0.4 is 10.8 Å². The second kappa shape index (κ2) is 8.88. The van der Waals surface area contributed by atoms with Gasteiger partial charge in [0.25, 0.3) is 5.91 Å². The number of amides is 2. The number of aryl methyl sites for hydroxylation is 1. The summed E-state index contributed by atoms with van der Waals surface area (Å²) in [4.78, 5) is 22.4. The summed E-state index contributed by atoms with van der Waals surface area (Å²) in [7, 11) is -4.11. The lowest BCUT2D eigenvalue weighted by atomic mass is 10.2. The number of nitrogens with zero attached hydrogens (tertiary/aromatic N) is 1.